The first-order chi connectivity index (χ1) is 5.87. The molecule has 13 heavy (non-hydrogen) atoms. The van der Waals surface area contributed by atoms with Gasteiger partial charge in [0, 0.05) is 5.41 Å². The van der Waals surface area contributed by atoms with E-state index >= 15 is 0 Å². The van der Waals surface area contributed by atoms with Gasteiger partial charge in [0.15, 0.2) is 0 Å². The molecule has 0 aromatic rings. The van der Waals surface area contributed by atoms with Gasteiger partial charge in [-0.1, -0.05) is 13.8 Å². The van der Waals surface area contributed by atoms with Gasteiger partial charge in [-0.15, -0.1) is 0 Å². The third-order valence-corrected chi connectivity index (χ3v) is 2.37. The standard InChI is InChI=1S/C10H20O3/c1-9(2,6-11)7-13-10(3,4)8-5-12-8/h8,11H,5-7H2,1-4H3. The monoisotopic (exact) mass is 188 g/mol. The molecule has 1 unspecified atom stereocenters. The molecule has 1 heterocycles. The highest BCUT2D eigenvalue weighted by Crippen LogP contribution is 2.29. The maximum absolute atomic E-state index is 9.03. The van der Waals surface area contributed by atoms with Crippen LogP contribution in [0.15, 0.2) is 0 Å². The summed E-state index contributed by atoms with van der Waals surface area (Å²) >= 11 is 0. The average Bonchev–Trinajstić information content (AvgIpc) is 2.84. The van der Waals surface area contributed by atoms with Gasteiger partial charge in [0.05, 0.1) is 25.4 Å². The number of hydrogen-bond acceptors (Lipinski definition) is 3. The minimum Gasteiger partial charge on any atom is -0.396 e. The summed E-state index contributed by atoms with van der Waals surface area (Å²) < 4.78 is 10.9. The fourth-order valence-electron chi connectivity index (χ4n) is 0.969. The Morgan fingerprint density at radius 3 is 2.31 bits per heavy atom. The molecule has 0 radical (unpaired) electrons. The summed E-state index contributed by atoms with van der Waals surface area (Å²) in [6, 6.07) is 0. The van der Waals surface area contributed by atoms with Crippen LogP contribution in [0.5, 0.6) is 0 Å². The summed E-state index contributed by atoms with van der Waals surface area (Å²) in [5.74, 6) is 0. The summed E-state index contributed by atoms with van der Waals surface area (Å²) in [5, 5.41) is 9.03. The van der Waals surface area contributed by atoms with E-state index in [2.05, 4.69) is 0 Å². The lowest BCUT2D eigenvalue weighted by Crippen LogP contribution is -2.36. The summed E-state index contributed by atoms with van der Waals surface area (Å²) in [5.41, 5.74) is -0.376. The molecule has 1 fully saturated rings. The maximum Gasteiger partial charge on any atom is 0.109 e. The molecule has 3 heteroatoms. The molecule has 1 aliphatic heterocycles. The van der Waals surface area contributed by atoms with E-state index < -0.39 is 0 Å². The lowest BCUT2D eigenvalue weighted by molar-refractivity contribution is -0.0787. The molecular formula is C10H20O3. The number of aliphatic hydroxyl groups excluding tert-OH is 1. The molecule has 1 saturated heterocycles. The van der Waals surface area contributed by atoms with Gasteiger partial charge in [-0.25, -0.2) is 0 Å². The number of epoxide rings is 1. The highest BCUT2D eigenvalue weighted by molar-refractivity contribution is 4.89. The Bertz CT molecular complexity index is 171. The first-order valence-electron chi connectivity index (χ1n) is 4.74. The molecule has 0 amide bonds. The van der Waals surface area contributed by atoms with Crippen LogP contribution in [0, 0.1) is 5.41 Å². The van der Waals surface area contributed by atoms with Crippen LogP contribution in [0.3, 0.4) is 0 Å². The van der Waals surface area contributed by atoms with E-state index in [4.69, 9.17) is 14.6 Å². The van der Waals surface area contributed by atoms with Gasteiger partial charge in [-0.3, -0.25) is 0 Å². The van der Waals surface area contributed by atoms with Crippen LogP contribution < -0.4 is 0 Å². The van der Waals surface area contributed by atoms with Gasteiger partial charge in [0.25, 0.3) is 0 Å². The van der Waals surface area contributed by atoms with Gasteiger partial charge in [-0.05, 0) is 13.8 Å². The predicted octanol–water partition coefficient (Wildman–Crippen LogP) is 1.20. The second-order valence-electron chi connectivity index (χ2n) is 5.04. The van der Waals surface area contributed by atoms with Crippen molar-refractivity contribution < 1.29 is 14.6 Å². The fraction of sp³-hybridized carbons (Fsp3) is 1.00. The average molecular weight is 188 g/mol. The van der Waals surface area contributed by atoms with Crippen LogP contribution in [-0.4, -0.2) is 36.6 Å². The quantitative estimate of drug-likeness (QED) is 0.659. The number of rotatable bonds is 5. The molecule has 3 nitrogen and oxygen atoms in total. The zero-order valence-corrected chi connectivity index (χ0v) is 8.96. The third-order valence-electron chi connectivity index (χ3n) is 2.37. The third kappa shape index (κ3) is 3.25. The van der Waals surface area contributed by atoms with E-state index in [-0.39, 0.29) is 23.7 Å². The lowest BCUT2D eigenvalue weighted by Gasteiger charge is -2.29. The molecule has 1 aliphatic rings. The zero-order valence-electron chi connectivity index (χ0n) is 8.96. The summed E-state index contributed by atoms with van der Waals surface area (Å²) in [6.07, 6.45) is 0.238. The van der Waals surface area contributed by atoms with Crippen molar-refractivity contribution in [3.05, 3.63) is 0 Å². The van der Waals surface area contributed by atoms with Gasteiger partial charge in [-0.2, -0.15) is 0 Å². The number of aliphatic hydroxyl groups is 1. The molecule has 1 N–H and O–H groups in total. The molecule has 1 atom stereocenters. The predicted molar refractivity (Wildman–Crippen MR) is 50.6 cm³/mol. The molecule has 0 aliphatic carbocycles. The molecule has 0 aromatic heterocycles. The van der Waals surface area contributed by atoms with Crippen LogP contribution in [-0.2, 0) is 9.47 Å². The van der Waals surface area contributed by atoms with Crippen LogP contribution in [0.2, 0.25) is 0 Å². The Morgan fingerprint density at radius 1 is 1.38 bits per heavy atom. The first kappa shape index (κ1) is 11.0. The molecule has 0 aromatic carbocycles. The van der Waals surface area contributed by atoms with Gasteiger partial charge < -0.3 is 14.6 Å². The summed E-state index contributed by atoms with van der Waals surface area (Å²) in [6.45, 7) is 9.53. The Morgan fingerprint density at radius 2 is 1.92 bits per heavy atom. The van der Waals surface area contributed by atoms with Crippen LogP contribution >= 0.6 is 0 Å². The lowest BCUT2D eigenvalue weighted by atomic mass is 9.95. The molecule has 0 bridgehead atoms. The molecule has 0 saturated carbocycles. The molecular weight excluding hydrogens is 168 g/mol. The summed E-state index contributed by atoms with van der Waals surface area (Å²) in [4.78, 5) is 0. The zero-order chi connectivity index (χ0) is 10.1. The van der Waals surface area contributed by atoms with Crippen molar-refractivity contribution in [1.29, 1.82) is 0 Å². The highest BCUT2D eigenvalue weighted by Gasteiger charge is 2.41. The van der Waals surface area contributed by atoms with Crippen molar-refractivity contribution in [2.75, 3.05) is 19.8 Å². The largest absolute Gasteiger partial charge is 0.396 e. The molecule has 1 rings (SSSR count). The van der Waals surface area contributed by atoms with Crippen LogP contribution in [0.4, 0.5) is 0 Å². The maximum atomic E-state index is 9.03. The SMILES string of the molecule is CC(C)(CO)COC(C)(C)C1CO1. The van der Waals surface area contributed by atoms with Crippen molar-refractivity contribution in [1.82, 2.24) is 0 Å². The summed E-state index contributed by atoms with van der Waals surface area (Å²) in [7, 11) is 0. The van der Waals surface area contributed by atoms with Crippen molar-refractivity contribution in [3.8, 4) is 0 Å². The first-order valence-corrected chi connectivity index (χ1v) is 4.74. The van der Waals surface area contributed by atoms with E-state index in [1.54, 1.807) is 0 Å². The molecule has 0 spiro atoms. The number of ether oxygens (including phenoxy) is 2. The van der Waals surface area contributed by atoms with Gasteiger partial charge >= 0.3 is 0 Å². The normalized spacial score (nSPS) is 23.3. The van der Waals surface area contributed by atoms with E-state index in [9.17, 15) is 0 Å². The minimum atomic E-state index is -0.216. The smallest absolute Gasteiger partial charge is 0.109 e. The van der Waals surface area contributed by atoms with Crippen molar-refractivity contribution >= 4 is 0 Å². The van der Waals surface area contributed by atoms with Gasteiger partial charge in [0.2, 0.25) is 0 Å². The Kier molecular flexibility index (Phi) is 3.00. The van der Waals surface area contributed by atoms with Crippen molar-refractivity contribution in [3.63, 3.8) is 0 Å². The molecule has 78 valence electrons. The topological polar surface area (TPSA) is 42.0 Å². The minimum absolute atomic E-state index is 0.147. The second-order valence-corrected chi connectivity index (χ2v) is 5.04. The van der Waals surface area contributed by atoms with Crippen LogP contribution in [0.25, 0.3) is 0 Å². The number of hydrogen-bond donors (Lipinski definition) is 1. The second kappa shape index (κ2) is 3.56. The van der Waals surface area contributed by atoms with Crippen LogP contribution in [0.1, 0.15) is 27.7 Å². The van der Waals surface area contributed by atoms with E-state index in [1.165, 1.54) is 0 Å². The highest BCUT2D eigenvalue weighted by atomic mass is 16.6. The van der Waals surface area contributed by atoms with Crippen molar-refractivity contribution in [2.24, 2.45) is 5.41 Å². The van der Waals surface area contributed by atoms with E-state index in [1.807, 2.05) is 27.7 Å². The van der Waals surface area contributed by atoms with E-state index in [0.717, 1.165) is 6.61 Å². The Hall–Kier alpha value is -0.120. The van der Waals surface area contributed by atoms with Gasteiger partial charge in [0.1, 0.15) is 6.10 Å². The fourth-order valence-corrected chi connectivity index (χ4v) is 0.969. The Labute approximate surface area is 80.0 Å². The Balaban J connectivity index is 2.32. The van der Waals surface area contributed by atoms with Crippen molar-refractivity contribution in [2.45, 2.75) is 39.4 Å². The van der Waals surface area contributed by atoms with E-state index in [0.29, 0.717) is 6.61 Å².